The van der Waals surface area contributed by atoms with Crippen LogP contribution >= 0.6 is 0 Å². The van der Waals surface area contributed by atoms with E-state index in [-0.39, 0.29) is 11.9 Å². The minimum atomic E-state index is -0.0183. The Kier molecular flexibility index (Phi) is 5.14. The predicted molar refractivity (Wildman–Crippen MR) is 128 cm³/mol. The molecule has 7 heteroatoms. The van der Waals surface area contributed by atoms with E-state index in [0.717, 1.165) is 40.9 Å². The van der Waals surface area contributed by atoms with Crippen LogP contribution in [0.15, 0.2) is 89.8 Å². The van der Waals surface area contributed by atoms with E-state index in [1.165, 1.54) is 0 Å². The molecule has 4 heterocycles. The second kappa shape index (κ2) is 8.59. The number of fused-ring (bicyclic) bond motifs is 1. The van der Waals surface area contributed by atoms with Gasteiger partial charge in [0.15, 0.2) is 5.65 Å². The maximum atomic E-state index is 14.0. The summed E-state index contributed by atoms with van der Waals surface area (Å²) < 4.78 is 7.31. The van der Waals surface area contributed by atoms with Gasteiger partial charge < -0.3 is 9.32 Å². The van der Waals surface area contributed by atoms with Crippen LogP contribution in [0.3, 0.4) is 0 Å². The van der Waals surface area contributed by atoms with Crippen LogP contribution in [0, 0.1) is 0 Å². The van der Waals surface area contributed by atoms with Gasteiger partial charge in [0.1, 0.15) is 12.3 Å². The SMILES string of the molecule is O=C(c1cc(-c2ccccc2)nc2c1cnn2Cc1ccco1)N(Cc1ccccn1)C1CC1. The molecule has 0 atom stereocenters. The van der Waals surface area contributed by atoms with Crippen LogP contribution in [0.25, 0.3) is 22.3 Å². The van der Waals surface area contributed by atoms with Crippen LogP contribution in [0.1, 0.15) is 34.7 Å². The number of nitrogens with zero attached hydrogens (tertiary/aromatic N) is 5. The van der Waals surface area contributed by atoms with Gasteiger partial charge in [-0.05, 0) is 43.2 Å². The summed E-state index contributed by atoms with van der Waals surface area (Å²) in [5.74, 6) is 0.759. The summed E-state index contributed by atoms with van der Waals surface area (Å²) in [6.07, 6.45) is 7.16. The van der Waals surface area contributed by atoms with Crippen LogP contribution in [0.4, 0.5) is 0 Å². The molecule has 0 aliphatic heterocycles. The number of amides is 1. The maximum Gasteiger partial charge on any atom is 0.255 e. The average molecular weight is 450 g/mol. The van der Waals surface area contributed by atoms with Crippen LogP contribution in [0.2, 0.25) is 0 Å². The highest BCUT2D eigenvalue weighted by molar-refractivity contribution is 6.06. The Balaban J connectivity index is 1.46. The van der Waals surface area contributed by atoms with Crippen molar-refractivity contribution >= 4 is 16.9 Å². The Bertz CT molecular complexity index is 1420. The highest BCUT2D eigenvalue weighted by Gasteiger charge is 2.34. The highest BCUT2D eigenvalue weighted by atomic mass is 16.3. The summed E-state index contributed by atoms with van der Waals surface area (Å²) >= 11 is 0. The summed E-state index contributed by atoms with van der Waals surface area (Å²) in [4.78, 5) is 25.3. The number of benzene rings is 1. The molecule has 4 aromatic heterocycles. The molecule has 0 radical (unpaired) electrons. The molecule has 1 fully saturated rings. The standard InChI is InChI=1S/C27H23N5O2/c33-27(31(21-11-12-21)17-20-9-4-5-13-28-20)23-15-25(19-7-2-1-3-8-19)30-26-24(23)16-29-32(26)18-22-10-6-14-34-22/h1-10,13-16,21H,11-12,17-18H2. The van der Waals surface area contributed by atoms with Gasteiger partial charge in [0, 0.05) is 17.8 Å². The summed E-state index contributed by atoms with van der Waals surface area (Å²) in [7, 11) is 0. The number of carbonyl (C=O) groups is 1. The Morgan fingerprint density at radius 2 is 1.91 bits per heavy atom. The first kappa shape index (κ1) is 20.4. The topological polar surface area (TPSA) is 77.0 Å². The van der Waals surface area contributed by atoms with Crippen molar-refractivity contribution in [2.24, 2.45) is 0 Å². The van der Waals surface area contributed by atoms with Gasteiger partial charge in [0.25, 0.3) is 5.91 Å². The van der Waals surface area contributed by atoms with Crippen molar-refractivity contribution < 1.29 is 9.21 Å². The van der Waals surface area contributed by atoms with Crippen LogP contribution in [-0.4, -0.2) is 36.6 Å². The number of pyridine rings is 2. The molecule has 34 heavy (non-hydrogen) atoms. The minimum Gasteiger partial charge on any atom is -0.467 e. The van der Waals surface area contributed by atoms with Crippen molar-refractivity contribution in [3.63, 3.8) is 0 Å². The Hall–Kier alpha value is -4.26. The van der Waals surface area contributed by atoms with E-state index in [1.807, 2.05) is 71.6 Å². The zero-order valence-electron chi connectivity index (χ0n) is 18.5. The van der Waals surface area contributed by atoms with Crippen molar-refractivity contribution in [3.8, 4) is 11.3 Å². The van der Waals surface area contributed by atoms with Crippen molar-refractivity contribution in [2.45, 2.75) is 32.0 Å². The fourth-order valence-electron chi connectivity index (χ4n) is 4.22. The molecule has 6 rings (SSSR count). The molecule has 0 bridgehead atoms. The highest BCUT2D eigenvalue weighted by Crippen LogP contribution is 2.32. The van der Waals surface area contributed by atoms with Gasteiger partial charge >= 0.3 is 0 Å². The van der Waals surface area contributed by atoms with Crippen LogP contribution < -0.4 is 0 Å². The fraction of sp³-hybridized carbons (Fsp3) is 0.185. The molecule has 0 saturated heterocycles. The number of aromatic nitrogens is 4. The summed E-state index contributed by atoms with van der Waals surface area (Å²) in [5.41, 5.74) is 3.84. The number of rotatable bonds is 7. The molecule has 0 spiro atoms. The van der Waals surface area contributed by atoms with E-state index < -0.39 is 0 Å². The van der Waals surface area contributed by atoms with E-state index >= 15 is 0 Å². The molecule has 168 valence electrons. The molecule has 1 aliphatic carbocycles. The van der Waals surface area contributed by atoms with Crippen LogP contribution in [-0.2, 0) is 13.1 Å². The van der Waals surface area contributed by atoms with E-state index in [2.05, 4.69) is 10.1 Å². The summed E-state index contributed by atoms with van der Waals surface area (Å²) in [6, 6.07) is 21.6. The molecule has 7 nitrogen and oxygen atoms in total. The van der Waals surface area contributed by atoms with Crippen molar-refractivity contribution in [3.05, 3.63) is 102 Å². The number of hydrogen-bond donors (Lipinski definition) is 0. The molecule has 0 unspecified atom stereocenters. The second-order valence-electron chi connectivity index (χ2n) is 8.53. The molecule has 1 saturated carbocycles. The summed E-state index contributed by atoms with van der Waals surface area (Å²) in [6.45, 7) is 0.922. The lowest BCUT2D eigenvalue weighted by molar-refractivity contribution is 0.0729. The lowest BCUT2D eigenvalue weighted by atomic mass is 10.1. The third-order valence-electron chi connectivity index (χ3n) is 6.10. The minimum absolute atomic E-state index is 0.0183. The van der Waals surface area contributed by atoms with Crippen molar-refractivity contribution in [1.29, 1.82) is 0 Å². The Morgan fingerprint density at radius 3 is 2.65 bits per heavy atom. The Labute approximate surface area is 196 Å². The van der Waals surface area contributed by atoms with Gasteiger partial charge in [-0.15, -0.1) is 0 Å². The maximum absolute atomic E-state index is 14.0. The van der Waals surface area contributed by atoms with Gasteiger partial charge in [-0.1, -0.05) is 36.4 Å². The van der Waals surface area contributed by atoms with Gasteiger partial charge in [-0.3, -0.25) is 9.78 Å². The zero-order chi connectivity index (χ0) is 22.9. The molecule has 5 aromatic rings. The number of furan rings is 1. The van der Waals surface area contributed by atoms with Gasteiger partial charge in [0.05, 0.1) is 41.3 Å². The first-order valence-corrected chi connectivity index (χ1v) is 11.4. The van der Waals surface area contributed by atoms with Crippen LogP contribution in [0.5, 0.6) is 0 Å². The fourth-order valence-corrected chi connectivity index (χ4v) is 4.22. The largest absolute Gasteiger partial charge is 0.467 e. The van der Waals surface area contributed by atoms with Gasteiger partial charge in [-0.25, -0.2) is 9.67 Å². The summed E-state index contributed by atoms with van der Waals surface area (Å²) in [5, 5.41) is 5.30. The van der Waals surface area contributed by atoms with Gasteiger partial charge in [0.2, 0.25) is 0 Å². The lowest BCUT2D eigenvalue weighted by Gasteiger charge is -2.23. The quantitative estimate of drug-likeness (QED) is 0.352. The molecule has 0 N–H and O–H groups in total. The van der Waals surface area contributed by atoms with Crippen molar-refractivity contribution in [2.75, 3.05) is 0 Å². The first-order chi connectivity index (χ1) is 16.8. The predicted octanol–water partition coefficient (Wildman–Crippen LogP) is 4.94. The third-order valence-corrected chi connectivity index (χ3v) is 6.10. The van der Waals surface area contributed by atoms with Gasteiger partial charge in [-0.2, -0.15) is 5.10 Å². The molecular formula is C27H23N5O2. The number of carbonyl (C=O) groups excluding carboxylic acids is 1. The lowest BCUT2D eigenvalue weighted by Crippen LogP contribution is -2.33. The Morgan fingerprint density at radius 1 is 1.06 bits per heavy atom. The monoisotopic (exact) mass is 449 g/mol. The molecule has 1 aromatic carbocycles. The molecule has 1 aliphatic rings. The normalized spacial score (nSPS) is 13.3. The third kappa shape index (κ3) is 3.96. The van der Waals surface area contributed by atoms with E-state index in [9.17, 15) is 4.79 Å². The molecule has 1 amide bonds. The van der Waals surface area contributed by atoms with Crippen molar-refractivity contribution in [1.82, 2.24) is 24.6 Å². The van der Waals surface area contributed by atoms with E-state index in [1.54, 1.807) is 23.3 Å². The number of hydrogen-bond acceptors (Lipinski definition) is 5. The van der Waals surface area contributed by atoms with E-state index in [4.69, 9.17) is 9.40 Å². The smallest absolute Gasteiger partial charge is 0.255 e. The van der Waals surface area contributed by atoms with E-state index in [0.29, 0.717) is 24.3 Å². The average Bonchev–Trinajstić information content (AvgIpc) is 3.45. The zero-order valence-corrected chi connectivity index (χ0v) is 18.5. The second-order valence-corrected chi connectivity index (χ2v) is 8.53. The molecular weight excluding hydrogens is 426 g/mol. The first-order valence-electron chi connectivity index (χ1n) is 11.4.